The Morgan fingerprint density at radius 2 is 2.22 bits per heavy atom. The Kier molecular flexibility index (Phi) is 7.96. The van der Waals surface area contributed by atoms with Gasteiger partial charge in [0, 0.05) is 33.2 Å². The van der Waals surface area contributed by atoms with E-state index in [1.165, 1.54) is 0 Å². The Hall–Kier alpha value is -0.650. The van der Waals surface area contributed by atoms with Gasteiger partial charge in [-0.1, -0.05) is 0 Å². The molecule has 0 spiro atoms. The van der Waals surface area contributed by atoms with Gasteiger partial charge in [-0.3, -0.25) is 4.79 Å². The Morgan fingerprint density at radius 1 is 1.39 bits per heavy atom. The second-order valence-electron chi connectivity index (χ2n) is 4.85. The molecule has 0 aromatic carbocycles. The van der Waals surface area contributed by atoms with Gasteiger partial charge in [-0.2, -0.15) is 0 Å². The molecular weight excluding hydrogens is 234 g/mol. The van der Waals surface area contributed by atoms with Crippen LogP contribution in [0.1, 0.15) is 25.7 Å². The Balaban J connectivity index is 1.96. The molecule has 1 aliphatic rings. The highest BCUT2D eigenvalue weighted by Crippen LogP contribution is 2.20. The number of rotatable bonds is 10. The molecule has 0 aromatic rings. The zero-order valence-electron chi connectivity index (χ0n) is 11.3. The smallest absolute Gasteiger partial charge is 0.303 e. The van der Waals surface area contributed by atoms with Crippen molar-refractivity contribution >= 4 is 5.97 Å². The highest BCUT2D eigenvalue weighted by atomic mass is 16.5. The summed E-state index contributed by atoms with van der Waals surface area (Å²) in [6, 6.07) is 0. The van der Waals surface area contributed by atoms with E-state index in [0.717, 1.165) is 45.5 Å². The lowest BCUT2D eigenvalue weighted by molar-refractivity contribution is -0.137. The summed E-state index contributed by atoms with van der Waals surface area (Å²) in [5.74, 6) is -0.115. The highest BCUT2D eigenvalue weighted by Gasteiger charge is 2.22. The fourth-order valence-electron chi connectivity index (χ4n) is 2.31. The van der Waals surface area contributed by atoms with Gasteiger partial charge in [0.1, 0.15) is 0 Å². The van der Waals surface area contributed by atoms with Crippen LogP contribution in [0.5, 0.6) is 0 Å². The monoisotopic (exact) mass is 259 g/mol. The molecule has 0 radical (unpaired) electrons. The van der Waals surface area contributed by atoms with Gasteiger partial charge < -0.3 is 19.5 Å². The van der Waals surface area contributed by atoms with Gasteiger partial charge in [0.15, 0.2) is 0 Å². The van der Waals surface area contributed by atoms with Crippen LogP contribution in [0.15, 0.2) is 0 Å². The Bertz CT molecular complexity index is 235. The number of carbonyl (C=O) groups is 1. The molecule has 1 rings (SSSR count). The van der Waals surface area contributed by atoms with Crippen molar-refractivity contribution in [2.24, 2.45) is 5.92 Å². The fourth-order valence-corrected chi connectivity index (χ4v) is 2.31. The summed E-state index contributed by atoms with van der Waals surface area (Å²) in [7, 11) is 1.67. The van der Waals surface area contributed by atoms with Crippen molar-refractivity contribution < 1.29 is 19.4 Å². The van der Waals surface area contributed by atoms with Crippen LogP contribution in [0.25, 0.3) is 0 Å². The van der Waals surface area contributed by atoms with E-state index in [-0.39, 0.29) is 0 Å². The highest BCUT2D eigenvalue weighted by molar-refractivity contribution is 5.66. The van der Waals surface area contributed by atoms with Crippen LogP contribution in [-0.4, -0.2) is 62.5 Å². The summed E-state index contributed by atoms with van der Waals surface area (Å²) in [4.78, 5) is 12.9. The number of carboxylic acids is 1. The molecule has 106 valence electrons. The number of methoxy groups -OCH3 is 1. The average molecular weight is 259 g/mol. The lowest BCUT2D eigenvalue weighted by atomic mass is 10.0. The van der Waals surface area contributed by atoms with Crippen molar-refractivity contribution in [3.63, 3.8) is 0 Å². The zero-order valence-corrected chi connectivity index (χ0v) is 11.3. The van der Waals surface area contributed by atoms with Crippen LogP contribution in [0, 0.1) is 5.92 Å². The molecule has 0 amide bonds. The van der Waals surface area contributed by atoms with Crippen LogP contribution in [0.2, 0.25) is 0 Å². The molecule has 5 heteroatoms. The first-order valence-corrected chi connectivity index (χ1v) is 6.73. The van der Waals surface area contributed by atoms with Crippen molar-refractivity contribution in [2.45, 2.75) is 25.7 Å². The van der Waals surface area contributed by atoms with E-state index >= 15 is 0 Å². The van der Waals surface area contributed by atoms with Gasteiger partial charge in [-0.25, -0.2) is 0 Å². The van der Waals surface area contributed by atoms with Crippen LogP contribution < -0.4 is 0 Å². The topological polar surface area (TPSA) is 59.0 Å². The number of ether oxygens (including phenoxy) is 2. The van der Waals surface area contributed by atoms with Crippen LogP contribution in [-0.2, 0) is 14.3 Å². The van der Waals surface area contributed by atoms with Gasteiger partial charge in [-0.15, -0.1) is 0 Å². The number of likely N-dealkylation sites (tertiary alicyclic amines) is 1. The molecule has 0 aliphatic carbocycles. The SMILES string of the molecule is COCCOCCCN1CCC(CCC(=O)O)C1. The van der Waals surface area contributed by atoms with Crippen LogP contribution in [0.4, 0.5) is 0 Å². The van der Waals surface area contributed by atoms with Gasteiger partial charge >= 0.3 is 5.97 Å². The molecular formula is C13H25NO4. The maximum Gasteiger partial charge on any atom is 0.303 e. The average Bonchev–Trinajstić information content (AvgIpc) is 2.79. The molecule has 1 N–H and O–H groups in total. The predicted octanol–water partition coefficient (Wildman–Crippen LogP) is 1.23. The third-order valence-corrected chi connectivity index (χ3v) is 3.33. The summed E-state index contributed by atoms with van der Waals surface area (Å²) in [6.07, 6.45) is 3.29. The zero-order chi connectivity index (χ0) is 13.2. The maximum atomic E-state index is 10.5. The number of carboxylic acid groups (broad SMARTS) is 1. The number of hydrogen-bond donors (Lipinski definition) is 1. The summed E-state index contributed by atoms with van der Waals surface area (Å²) in [5, 5.41) is 8.64. The normalized spacial score (nSPS) is 20.4. The Labute approximate surface area is 109 Å². The number of aliphatic carboxylic acids is 1. The number of hydrogen-bond acceptors (Lipinski definition) is 4. The molecule has 0 bridgehead atoms. The molecule has 0 aromatic heterocycles. The summed E-state index contributed by atoms with van der Waals surface area (Å²) in [6.45, 7) is 5.29. The molecule has 5 nitrogen and oxygen atoms in total. The maximum absolute atomic E-state index is 10.5. The minimum absolute atomic E-state index is 0.304. The van der Waals surface area contributed by atoms with E-state index in [1.807, 2.05) is 0 Å². The van der Waals surface area contributed by atoms with Crippen molar-refractivity contribution in [3.8, 4) is 0 Å². The second kappa shape index (κ2) is 9.30. The first kappa shape index (κ1) is 15.4. The quantitative estimate of drug-likeness (QED) is 0.598. The largest absolute Gasteiger partial charge is 0.481 e. The minimum atomic E-state index is -0.681. The van der Waals surface area contributed by atoms with Gasteiger partial charge in [0.05, 0.1) is 13.2 Å². The third-order valence-electron chi connectivity index (χ3n) is 3.33. The van der Waals surface area contributed by atoms with E-state index in [9.17, 15) is 4.79 Å². The molecule has 0 saturated carbocycles. The molecule has 1 atom stereocenters. The van der Waals surface area contributed by atoms with Crippen molar-refractivity contribution in [1.29, 1.82) is 0 Å². The van der Waals surface area contributed by atoms with Gasteiger partial charge in [0.25, 0.3) is 0 Å². The summed E-state index contributed by atoms with van der Waals surface area (Å²) >= 11 is 0. The van der Waals surface area contributed by atoms with Gasteiger partial charge in [0.2, 0.25) is 0 Å². The van der Waals surface area contributed by atoms with E-state index < -0.39 is 5.97 Å². The van der Waals surface area contributed by atoms with Crippen LogP contribution >= 0.6 is 0 Å². The first-order valence-electron chi connectivity index (χ1n) is 6.73. The molecule has 18 heavy (non-hydrogen) atoms. The van der Waals surface area contributed by atoms with E-state index in [1.54, 1.807) is 7.11 Å². The summed E-state index contributed by atoms with van der Waals surface area (Å²) in [5.41, 5.74) is 0. The standard InChI is InChI=1S/C13H25NO4/c1-17-9-10-18-8-2-6-14-7-5-12(11-14)3-4-13(15)16/h12H,2-11H2,1H3,(H,15,16). The lowest BCUT2D eigenvalue weighted by Gasteiger charge is -2.15. The first-order chi connectivity index (χ1) is 8.72. The molecule has 1 aliphatic heterocycles. The minimum Gasteiger partial charge on any atom is -0.481 e. The second-order valence-corrected chi connectivity index (χ2v) is 4.85. The molecule has 1 unspecified atom stereocenters. The van der Waals surface area contributed by atoms with Crippen LogP contribution in [0.3, 0.4) is 0 Å². The lowest BCUT2D eigenvalue weighted by Crippen LogP contribution is -2.23. The Morgan fingerprint density at radius 3 is 2.94 bits per heavy atom. The van der Waals surface area contributed by atoms with E-state index in [4.69, 9.17) is 14.6 Å². The van der Waals surface area contributed by atoms with Gasteiger partial charge in [-0.05, 0) is 31.7 Å². The molecule has 1 heterocycles. The third kappa shape index (κ3) is 6.93. The van der Waals surface area contributed by atoms with E-state index in [2.05, 4.69) is 4.90 Å². The van der Waals surface area contributed by atoms with E-state index in [0.29, 0.717) is 25.6 Å². The predicted molar refractivity (Wildman–Crippen MR) is 68.7 cm³/mol. The van der Waals surface area contributed by atoms with Crippen molar-refractivity contribution in [2.75, 3.05) is 46.6 Å². The molecule has 1 saturated heterocycles. The molecule has 1 fully saturated rings. The summed E-state index contributed by atoms with van der Waals surface area (Å²) < 4.78 is 10.3. The van der Waals surface area contributed by atoms with Crippen molar-refractivity contribution in [3.05, 3.63) is 0 Å². The van der Waals surface area contributed by atoms with Crippen molar-refractivity contribution in [1.82, 2.24) is 4.90 Å². The number of nitrogens with zero attached hydrogens (tertiary/aromatic N) is 1. The fraction of sp³-hybridized carbons (Fsp3) is 0.923.